The average Bonchev–Trinajstić information content (AvgIpc) is 2.61. The van der Waals surface area contributed by atoms with E-state index in [2.05, 4.69) is 4.40 Å². The molecule has 0 aliphatic carbocycles. The molecule has 0 fully saturated rings. The van der Waals surface area contributed by atoms with Gasteiger partial charge >= 0.3 is 0 Å². The number of thioether (sulfide) groups is 1. The molecule has 1 aromatic rings. The summed E-state index contributed by atoms with van der Waals surface area (Å²) < 4.78 is 49.6. The predicted molar refractivity (Wildman–Crippen MR) is 74.0 cm³/mol. The van der Waals surface area contributed by atoms with E-state index >= 15 is 0 Å². The lowest BCUT2D eigenvalue weighted by Crippen LogP contribution is -2.35. The van der Waals surface area contributed by atoms with Gasteiger partial charge in [-0.2, -0.15) is 0 Å². The number of rotatable bonds is 1. The maximum absolute atomic E-state index is 11.5. The van der Waals surface area contributed by atoms with Gasteiger partial charge in [-0.25, -0.2) is 16.8 Å². The fourth-order valence-corrected chi connectivity index (χ4v) is 4.96. The van der Waals surface area contributed by atoms with Gasteiger partial charge in [-0.3, -0.25) is 0 Å². The van der Waals surface area contributed by atoms with Crippen LogP contribution in [0.25, 0.3) is 0 Å². The molecule has 0 saturated carbocycles. The van der Waals surface area contributed by atoms with Gasteiger partial charge < -0.3 is 4.90 Å². The lowest BCUT2D eigenvalue weighted by molar-refractivity contribution is 0.596. The second kappa shape index (κ2) is 3.97. The number of amidine groups is 1. The van der Waals surface area contributed by atoms with Crippen molar-refractivity contribution in [2.75, 3.05) is 23.5 Å². The highest BCUT2D eigenvalue weighted by Gasteiger charge is 2.33. The van der Waals surface area contributed by atoms with Gasteiger partial charge in [0.25, 0.3) is 10.0 Å². The van der Waals surface area contributed by atoms with Crippen molar-refractivity contribution in [3.8, 4) is 0 Å². The number of benzene rings is 1. The number of sulfonamides is 1. The first-order valence-corrected chi connectivity index (χ1v) is 9.70. The lowest BCUT2D eigenvalue weighted by atomic mass is 10.3. The third kappa shape index (κ3) is 2.26. The van der Waals surface area contributed by atoms with Crippen LogP contribution in [0.5, 0.6) is 0 Å². The van der Waals surface area contributed by atoms with Crippen molar-refractivity contribution in [2.45, 2.75) is 9.79 Å². The van der Waals surface area contributed by atoms with Crippen LogP contribution in [0.15, 0.2) is 32.4 Å². The summed E-state index contributed by atoms with van der Waals surface area (Å²) in [6.45, 7) is 0.347. The molecule has 19 heavy (non-hydrogen) atoms. The lowest BCUT2D eigenvalue weighted by Gasteiger charge is -2.22. The molecule has 0 N–H and O–H groups in total. The molecular formula is C10H10N2O4S3. The molecule has 9 heteroatoms. The molecule has 2 heterocycles. The summed E-state index contributed by atoms with van der Waals surface area (Å²) >= 11 is 1.18. The minimum atomic E-state index is -3.39. The van der Waals surface area contributed by atoms with Crippen molar-refractivity contribution >= 4 is 42.5 Å². The molecule has 2 aliphatic heterocycles. The van der Waals surface area contributed by atoms with Gasteiger partial charge in [-0.1, -0.05) is 0 Å². The Labute approximate surface area is 115 Å². The summed E-state index contributed by atoms with van der Waals surface area (Å²) in [5, 5.41) is 0.395. The zero-order valence-electron chi connectivity index (χ0n) is 9.90. The maximum Gasteiger partial charge on any atom is 0.257 e. The minimum Gasteiger partial charge on any atom is -0.318 e. The Morgan fingerprint density at radius 2 is 2.11 bits per heavy atom. The van der Waals surface area contributed by atoms with E-state index in [1.807, 2.05) is 0 Å². The van der Waals surface area contributed by atoms with E-state index in [1.54, 1.807) is 17.0 Å². The van der Waals surface area contributed by atoms with Gasteiger partial charge in [0.2, 0.25) is 0 Å². The Kier molecular flexibility index (Phi) is 2.70. The molecule has 0 amide bonds. The third-order valence-corrected chi connectivity index (χ3v) is 6.29. The zero-order chi connectivity index (χ0) is 13.8. The topological polar surface area (TPSA) is 83.9 Å². The van der Waals surface area contributed by atoms with Crippen LogP contribution in [0, 0.1) is 0 Å². The van der Waals surface area contributed by atoms with Crippen LogP contribution >= 0.6 is 11.8 Å². The molecule has 1 aromatic carbocycles. The van der Waals surface area contributed by atoms with E-state index in [0.717, 1.165) is 16.8 Å². The first kappa shape index (κ1) is 12.9. The number of hydrogen-bond acceptors (Lipinski definition) is 6. The first-order chi connectivity index (χ1) is 8.76. The number of anilines is 1. The van der Waals surface area contributed by atoms with Crippen molar-refractivity contribution in [3.63, 3.8) is 0 Å². The van der Waals surface area contributed by atoms with Crippen LogP contribution in [0.3, 0.4) is 0 Å². The minimum absolute atomic E-state index is 0.0235. The van der Waals surface area contributed by atoms with Gasteiger partial charge in [-0.05, 0) is 30.0 Å². The number of sulfone groups is 1. The van der Waals surface area contributed by atoms with Crippen molar-refractivity contribution in [1.82, 2.24) is 0 Å². The van der Waals surface area contributed by atoms with Crippen LogP contribution in [-0.4, -0.2) is 40.6 Å². The molecule has 0 saturated heterocycles. The summed E-state index contributed by atoms with van der Waals surface area (Å²) in [6.07, 6.45) is 1.14. The molecule has 0 aromatic heterocycles. The first-order valence-electron chi connectivity index (χ1n) is 5.38. The molecule has 6 nitrogen and oxygen atoms in total. The molecule has 0 atom stereocenters. The van der Waals surface area contributed by atoms with Gasteiger partial charge in [0.05, 0.1) is 16.3 Å². The SMILES string of the molecule is CS(=O)(=O)c1ccc2c(c1)SC1=NS(=O)(=O)CCN12. The third-order valence-electron chi connectivity index (χ3n) is 2.87. The second-order valence-electron chi connectivity index (χ2n) is 4.32. The Morgan fingerprint density at radius 3 is 2.79 bits per heavy atom. The van der Waals surface area contributed by atoms with E-state index in [1.165, 1.54) is 17.8 Å². The van der Waals surface area contributed by atoms with Crippen molar-refractivity contribution < 1.29 is 16.8 Å². The number of nitrogens with zero attached hydrogens (tertiary/aromatic N) is 2. The molecule has 0 bridgehead atoms. The maximum atomic E-state index is 11.5. The predicted octanol–water partition coefficient (Wildman–Crippen LogP) is 0.702. The summed E-state index contributed by atoms with van der Waals surface area (Å²) in [5.41, 5.74) is 0.811. The molecular weight excluding hydrogens is 308 g/mol. The highest BCUT2D eigenvalue weighted by atomic mass is 32.2. The van der Waals surface area contributed by atoms with Gasteiger partial charge in [0.15, 0.2) is 15.0 Å². The molecule has 0 spiro atoms. The van der Waals surface area contributed by atoms with Crippen LogP contribution in [0.4, 0.5) is 5.69 Å². The fraction of sp³-hybridized carbons (Fsp3) is 0.300. The van der Waals surface area contributed by atoms with E-state index in [0.29, 0.717) is 11.7 Å². The van der Waals surface area contributed by atoms with Crippen molar-refractivity contribution in [3.05, 3.63) is 18.2 Å². The van der Waals surface area contributed by atoms with E-state index in [-0.39, 0.29) is 10.6 Å². The zero-order valence-corrected chi connectivity index (χ0v) is 12.3. The van der Waals surface area contributed by atoms with E-state index in [4.69, 9.17) is 0 Å². The summed E-state index contributed by atoms with van der Waals surface area (Å²) in [5.74, 6) is -0.0235. The Hall–Kier alpha value is -1.06. The van der Waals surface area contributed by atoms with Crippen molar-refractivity contribution in [1.29, 1.82) is 0 Å². The summed E-state index contributed by atoms with van der Waals surface area (Å²) in [6, 6.07) is 4.78. The molecule has 0 unspecified atom stereocenters. The monoisotopic (exact) mass is 318 g/mol. The fourth-order valence-electron chi connectivity index (χ4n) is 1.94. The number of hydrogen-bond donors (Lipinski definition) is 0. The molecule has 0 radical (unpaired) electrons. The standard InChI is InChI=1S/C10H10N2O4S3/c1-18(13,14)7-2-3-8-9(6-7)17-10-11-19(15,16)5-4-12(8)10/h2-3,6H,4-5H2,1H3. The van der Waals surface area contributed by atoms with Crippen molar-refractivity contribution in [2.24, 2.45) is 4.40 Å². The van der Waals surface area contributed by atoms with E-state index < -0.39 is 19.9 Å². The average molecular weight is 318 g/mol. The van der Waals surface area contributed by atoms with Gasteiger partial charge in [0, 0.05) is 17.7 Å². The van der Waals surface area contributed by atoms with Crippen LogP contribution < -0.4 is 4.90 Å². The Bertz CT molecular complexity index is 796. The Balaban J connectivity index is 2.11. The second-order valence-corrected chi connectivity index (χ2v) is 9.09. The van der Waals surface area contributed by atoms with Crippen LogP contribution in [0.1, 0.15) is 0 Å². The summed E-state index contributed by atoms with van der Waals surface area (Å²) in [4.78, 5) is 2.74. The number of fused-ring (bicyclic) bond motifs is 3. The van der Waals surface area contributed by atoms with E-state index in [9.17, 15) is 16.8 Å². The highest BCUT2D eigenvalue weighted by Crippen LogP contribution is 2.42. The summed E-state index contributed by atoms with van der Waals surface area (Å²) in [7, 11) is -6.66. The van der Waals surface area contributed by atoms with Crippen LogP contribution in [0.2, 0.25) is 0 Å². The molecule has 3 rings (SSSR count). The van der Waals surface area contributed by atoms with Gasteiger partial charge in [-0.15, -0.1) is 4.40 Å². The quantitative estimate of drug-likeness (QED) is 0.758. The molecule has 2 aliphatic rings. The molecule has 102 valence electrons. The normalized spacial score (nSPS) is 20.7. The van der Waals surface area contributed by atoms with Crippen LogP contribution in [-0.2, 0) is 19.9 Å². The van der Waals surface area contributed by atoms with Gasteiger partial charge in [0.1, 0.15) is 0 Å². The highest BCUT2D eigenvalue weighted by molar-refractivity contribution is 8.15. The largest absolute Gasteiger partial charge is 0.318 e. The smallest absolute Gasteiger partial charge is 0.257 e. The Morgan fingerprint density at radius 1 is 1.37 bits per heavy atom.